The van der Waals surface area contributed by atoms with Crippen molar-refractivity contribution >= 4 is 55.3 Å². The lowest BCUT2D eigenvalue weighted by Crippen LogP contribution is -2.02. The van der Waals surface area contributed by atoms with E-state index in [1.807, 2.05) is 52.1 Å². The molecule has 0 amide bonds. The van der Waals surface area contributed by atoms with Crippen molar-refractivity contribution in [2.45, 2.75) is 11.8 Å². The molecule has 0 aromatic heterocycles. The van der Waals surface area contributed by atoms with Crippen molar-refractivity contribution in [2.24, 2.45) is 0 Å². The Morgan fingerprint density at radius 2 is 1.77 bits per heavy atom. The first kappa shape index (κ1) is 11.7. The lowest BCUT2D eigenvalue weighted by atomic mass is 10.2. The van der Waals surface area contributed by atoms with Crippen LogP contribution in [0.4, 0.5) is 0 Å². The predicted octanol–water partition coefficient (Wildman–Crippen LogP) is 2.45. The highest BCUT2D eigenvalue weighted by atomic mass is 127. The molecule has 0 aliphatic rings. The average molecular weight is 424 g/mol. The summed E-state index contributed by atoms with van der Waals surface area (Å²) in [5.74, 6) is 0. The van der Waals surface area contributed by atoms with Gasteiger partial charge < -0.3 is 0 Å². The van der Waals surface area contributed by atoms with E-state index in [0.29, 0.717) is 3.57 Å². The molecule has 0 radical (unpaired) electrons. The maximum atomic E-state index is 10.9. The molecule has 0 unspecified atom stereocenters. The lowest BCUT2D eigenvalue weighted by Gasteiger charge is -2.04. The molecule has 1 aromatic rings. The molecule has 6 heteroatoms. The van der Waals surface area contributed by atoms with Crippen LogP contribution in [0.2, 0.25) is 0 Å². The Hall–Kier alpha value is 0.590. The Kier molecular flexibility index (Phi) is 3.58. The van der Waals surface area contributed by atoms with Gasteiger partial charge in [0.15, 0.2) is 0 Å². The van der Waals surface area contributed by atoms with Gasteiger partial charge in [0.1, 0.15) is 4.90 Å². The van der Waals surface area contributed by atoms with Gasteiger partial charge in [0.05, 0.1) is 0 Å². The van der Waals surface area contributed by atoms with Gasteiger partial charge in [-0.15, -0.1) is 0 Å². The number of benzene rings is 1. The molecule has 72 valence electrons. The standard InChI is InChI=1S/C7H6I2O3S/c1-4-2-6(9)7(3-5(4)8)13(10,11)12/h2-3H,1H3,(H,10,11,12). The van der Waals surface area contributed by atoms with Gasteiger partial charge in [0.25, 0.3) is 10.1 Å². The fraction of sp³-hybridized carbons (Fsp3) is 0.143. The second kappa shape index (κ2) is 3.99. The Morgan fingerprint density at radius 1 is 1.23 bits per heavy atom. The van der Waals surface area contributed by atoms with Gasteiger partial charge in [0, 0.05) is 7.14 Å². The fourth-order valence-corrected chi connectivity index (χ4v) is 3.53. The molecule has 0 bridgehead atoms. The quantitative estimate of drug-likeness (QED) is 0.557. The van der Waals surface area contributed by atoms with Gasteiger partial charge in [-0.25, -0.2) is 0 Å². The van der Waals surface area contributed by atoms with E-state index in [4.69, 9.17) is 4.55 Å². The van der Waals surface area contributed by atoms with Gasteiger partial charge in [0.2, 0.25) is 0 Å². The highest BCUT2D eigenvalue weighted by Gasteiger charge is 2.15. The summed E-state index contributed by atoms with van der Waals surface area (Å²) in [4.78, 5) is -0.0249. The summed E-state index contributed by atoms with van der Waals surface area (Å²) < 4.78 is 31.9. The fourth-order valence-electron chi connectivity index (χ4n) is 0.826. The minimum atomic E-state index is -4.09. The van der Waals surface area contributed by atoms with Crippen LogP contribution in [0.25, 0.3) is 0 Å². The third kappa shape index (κ3) is 2.77. The van der Waals surface area contributed by atoms with Crippen molar-refractivity contribution < 1.29 is 13.0 Å². The zero-order chi connectivity index (χ0) is 10.2. The van der Waals surface area contributed by atoms with Crippen molar-refractivity contribution in [3.05, 3.63) is 24.8 Å². The molecule has 13 heavy (non-hydrogen) atoms. The van der Waals surface area contributed by atoms with E-state index in [-0.39, 0.29) is 4.90 Å². The van der Waals surface area contributed by atoms with Crippen LogP contribution >= 0.6 is 45.2 Å². The second-order valence-corrected chi connectivity index (χ2v) is 6.22. The maximum absolute atomic E-state index is 10.9. The van der Waals surface area contributed by atoms with Gasteiger partial charge in [-0.2, -0.15) is 8.42 Å². The summed E-state index contributed by atoms with van der Waals surface area (Å²) in [5.41, 5.74) is 0.998. The summed E-state index contributed by atoms with van der Waals surface area (Å²) >= 11 is 3.91. The van der Waals surface area contributed by atoms with Crippen molar-refractivity contribution in [1.29, 1.82) is 0 Å². The molecule has 0 aliphatic carbocycles. The Balaban J connectivity index is 3.50. The minimum absolute atomic E-state index is 0.0249. The molecule has 3 nitrogen and oxygen atoms in total. The van der Waals surface area contributed by atoms with Crippen LogP contribution in [-0.2, 0) is 10.1 Å². The zero-order valence-corrected chi connectivity index (χ0v) is 11.7. The van der Waals surface area contributed by atoms with Gasteiger partial charge in [-0.3, -0.25) is 4.55 Å². The number of rotatable bonds is 1. The molecule has 0 saturated carbocycles. The van der Waals surface area contributed by atoms with E-state index in [0.717, 1.165) is 9.13 Å². The van der Waals surface area contributed by atoms with Crippen molar-refractivity contribution in [3.63, 3.8) is 0 Å². The Morgan fingerprint density at radius 3 is 2.23 bits per heavy atom. The third-order valence-electron chi connectivity index (χ3n) is 1.49. The molecular formula is C7H6I2O3S. The molecular weight excluding hydrogens is 418 g/mol. The van der Waals surface area contributed by atoms with E-state index in [2.05, 4.69) is 0 Å². The summed E-state index contributed by atoms with van der Waals surface area (Å²) in [7, 11) is -4.09. The molecule has 1 rings (SSSR count). The normalized spacial score (nSPS) is 11.7. The summed E-state index contributed by atoms with van der Waals surface area (Å²) in [6, 6.07) is 3.19. The van der Waals surface area contributed by atoms with E-state index < -0.39 is 10.1 Å². The maximum Gasteiger partial charge on any atom is 0.295 e. The van der Waals surface area contributed by atoms with Gasteiger partial charge >= 0.3 is 0 Å². The number of halogens is 2. The molecule has 1 aromatic carbocycles. The van der Waals surface area contributed by atoms with Crippen LogP contribution in [0.15, 0.2) is 17.0 Å². The third-order valence-corrected chi connectivity index (χ3v) is 4.81. The first-order chi connectivity index (χ1) is 5.82. The van der Waals surface area contributed by atoms with Crippen LogP contribution in [-0.4, -0.2) is 13.0 Å². The highest BCUT2D eigenvalue weighted by Crippen LogP contribution is 2.23. The summed E-state index contributed by atoms with van der Waals surface area (Å²) in [5, 5.41) is 0. The van der Waals surface area contributed by atoms with E-state index in [1.54, 1.807) is 6.07 Å². The molecule has 0 saturated heterocycles. The number of hydrogen-bond donors (Lipinski definition) is 1. The molecule has 0 heterocycles. The largest absolute Gasteiger partial charge is 0.295 e. The van der Waals surface area contributed by atoms with E-state index >= 15 is 0 Å². The first-order valence-electron chi connectivity index (χ1n) is 3.25. The monoisotopic (exact) mass is 424 g/mol. The molecule has 0 fully saturated rings. The summed E-state index contributed by atoms with van der Waals surface area (Å²) in [6.45, 7) is 1.89. The van der Waals surface area contributed by atoms with Crippen LogP contribution in [0.3, 0.4) is 0 Å². The average Bonchev–Trinajstić information content (AvgIpc) is 1.94. The van der Waals surface area contributed by atoms with Crippen LogP contribution in [0.5, 0.6) is 0 Å². The number of hydrogen-bond acceptors (Lipinski definition) is 2. The molecule has 0 spiro atoms. The molecule has 0 aliphatic heterocycles. The van der Waals surface area contributed by atoms with Crippen LogP contribution in [0, 0.1) is 14.1 Å². The second-order valence-electron chi connectivity index (χ2n) is 2.51. The van der Waals surface area contributed by atoms with Gasteiger partial charge in [-0.1, -0.05) is 0 Å². The zero-order valence-electron chi connectivity index (χ0n) is 6.58. The Bertz CT molecular complexity index is 439. The predicted molar refractivity (Wildman–Crippen MR) is 66.4 cm³/mol. The molecule has 0 atom stereocenters. The van der Waals surface area contributed by atoms with Crippen LogP contribution < -0.4 is 0 Å². The molecule has 1 N–H and O–H groups in total. The van der Waals surface area contributed by atoms with Crippen molar-refractivity contribution in [2.75, 3.05) is 0 Å². The van der Waals surface area contributed by atoms with Crippen molar-refractivity contribution in [3.8, 4) is 0 Å². The lowest BCUT2D eigenvalue weighted by molar-refractivity contribution is 0.482. The van der Waals surface area contributed by atoms with E-state index in [9.17, 15) is 8.42 Å². The smallest absolute Gasteiger partial charge is 0.282 e. The number of aryl methyl sites for hydroxylation is 1. The SMILES string of the molecule is Cc1cc(I)c(S(=O)(=O)O)cc1I. The van der Waals surface area contributed by atoms with Crippen molar-refractivity contribution in [1.82, 2.24) is 0 Å². The van der Waals surface area contributed by atoms with Crippen LogP contribution in [0.1, 0.15) is 5.56 Å². The highest BCUT2D eigenvalue weighted by molar-refractivity contribution is 14.1. The van der Waals surface area contributed by atoms with Gasteiger partial charge in [-0.05, 0) is 69.8 Å². The minimum Gasteiger partial charge on any atom is -0.282 e. The Labute approximate surface area is 104 Å². The topological polar surface area (TPSA) is 54.4 Å². The first-order valence-corrected chi connectivity index (χ1v) is 6.85. The summed E-state index contributed by atoms with van der Waals surface area (Å²) in [6.07, 6.45) is 0. The van der Waals surface area contributed by atoms with E-state index in [1.165, 1.54) is 6.07 Å².